The van der Waals surface area contributed by atoms with Crippen LogP contribution in [0.25, 0.3) is 0 Å². The molecule has 96 valence electrons. The second-order valence-electron chi connectivity index (χ2n) is 4.04. The van der Waals surface area contributed by atoms with Gasteiger partial charge in [-0.1, -0.05) is 22.0 Å². The van der Waals surface area contributed by atoms with Gasteiger partial charge < -0.3 is 15.1 Å². The number of halogens is 1. The van der Waals surface area contributed by atoms with Crippen molar-refractivity contribution in [3.63, 3.8) is 0 Å². The van der Waals surface area contributed by atoms with Crippen molar-refractivity contribution in [1.82, 2.24) is 0 Å². The van der Waals surface area contributed by atoms with Crippen molar-refractivity contribution in [3.8, 4) is 0 Å². The lowest BCUT2D eigenvalue weighted by molar-refractivity contribution is 0.198. The van der Waals surface area contributed by atoms with Crippen molar-refractivity contribution in [1.29, 1.82) is 0 Å². The van der Waals surface area contributed by atoms with Crippen LogP contribution in [-0.4, -0.2) is 29.9 Å². The first-order chi connectivity index (χ1) is 8.10. The molecule has 0 spiro atoms. The lowest BCUT2D eigenvalue weighted by Gasteiger charge is -2.23. The fraction of sp³-hybridized carbons (Fsp3) is 0.538. The molecule has 0 heterocycles. The number of aliphatic hydroxyl groups is 2. The Balaban J connectivity index is 2.86. The van der Waals surface area contributed by atoms with Crippen LogP contribution in [0.1, 0.15) is 31.9 Å². The van der Waals surface area contributed by atoms with Gasteiger partial charge in [0.1, 0.15) is 0 Å². The van der Waals surface area contributed by atoms with Gasteiger partial charge in [0.15, 0.2) is 0 Å². The van der Waals surface area contributed by atoms with Gasteiger partial charge in [-0.2, -0.15) is 0 Å². The zero-order chi connectivity index (χ0) is 12.8. The molecule has 1 aromatic rings. The maximum Gasteiger partial charge on any atom is 0.0772 e. The highest BCUT2D eigenvalue weighted by Gasteiger charge is 2.09. The lowest BCUT2D eigenvalue weighted by atomic mass is 10.1. The molecule has 1 unspecified atom stereocenters. The van der Waals surface area contributed by atoms with E-state index in [4.69, 9.17) is 5.11 Å². The van der Waals surface area contributed by atoms with Gasteiger partial charge in [0.2, 0.25) is 0 Å². The minimum absolute atomic E-state index is 0.212. The molecule has 0 saturated heterocycles. The summed E-state index contributed by atoms with van der Waals surface area (Å²) in [5.41, 5.74) is 2.00. The predicted molar refractivity (Wildman–Crippen MR) is 74.4 cm³/mol. The maximum absolute atomic E-state index is 9.56. The smallest absolute Gasteiger partial charge is 0.0772 e. The number of anilines is 1. The minimum atomic E-state index is -0.467. The Morgan fingerprint density at radius 1 is 1.41 bits per heavy atom. The second kappa shape index (κ2) is 6.99. The molecule has 1 atom stereocenters. The van der Waals surface area contributed by atoms with Crippen LogP contribution >= 0.6 is 15.9 Å². The molecule has 1 aromatic carbocycles. The third-order valence-corrected chi connectivity index (χ3v) is 3.45. The molecule has 17 heavy (non-hydrogen) atoms. The number of rotatable bonds is 6. The molecule has 4 heteroatoms. The first-order valence-corrected chi connectivity index (χ1v) is 6.72. The van der Waals surface area contributed by atoms with E-state index in [-0.39, 0.29) is 6.61 Å². The summed E-state index contributed by atoms with van der Waals surface area (Å²) in [6, 6.07) is 5.96. The van der Waals surface area contributed by atoms with Crippen LogP contribution in [0.4, 0.5) is 5.69 Å². The average Bonchev–Trinajstić information content (AvgIpc) is 2.29. The Morgan fingerprint density at radius 3 is 2.59 bits per heavy atom. The van der Waals surface area contributed by atoms with Gasteiger partial charge in [0, 0.05) is 29.9 Å². The largest absolute Gasteiger partial charge is 0.396 e. The van der Waals surface area contributed by atoms with Crippen molar-refractivity contribution in [3.05, 3.63) is 28.2 Å². The quantitative estimate of drug-likeness (QED) is 0.849. The summed E-state index contributed by atoms with van der Waals surface area (Å²) in [4.78, 5) is 2.20. The summed E-state index contributed by atoms with van der Waals surface area (Å²) < 4.78 is 0.924. The normalized spacial score (nSPS) is 12.5. The van der Waals surface area contributed by atoms with Gasteiger partial charge >= 0.3 is 0 Å². The highest BCUT2D eigenvalue weighted by molar-refractivity contribution is 9.10. The van der Waals surface area contributed by atoms with Gasteiger partial charge in [0.05, 0.1) is 6.10 Å². The molecule has 0 aliphatic heterocycles. The zero-order valence-electron chi connectivity index (χ0n) is 10.4. The van der Waals surface area contributed by atoms with E-state index in [1.165, 1.54) is 0 Å². The predicted octanol–water partition coefficient (Wildman–Crippen LogP) is 2.71. The van der Waals surface area contributed by atoms with Crippen LogP contribution < -0.4 is 4.90 Å². The Bertz CT molecular complexity index is 355. The van der Waals surface area contributed by atoms with Crippen molar-refractivity contribution in [2.24, 2.45) is 0 Å². The van der Waals surface area contributed by atoms with E-state index in [0.717, 1.165) is 35.2 Å². The lowest BCUT2D eigenvalue weighted by Crippen LogP contribution is -2.24. The summed E-state index contributed by atoms with van der Waals surface area (Å²) in [6.07, 6.45) is 0.301. The second-order valence-corrected chi connectivity index (χ2v) is 4.89. The Kier molecular flexibility index (Phi) is 5.95. The molecule has 0 aliphatic rings. The molecular formula is C13H20BrNO2. The zero-order valence-corrected chi connectivity index (χ0v) is 11.9. The van der Waals surface area contributed by atoms with E-state index >= 15 is 0 Å². The Morgan fingerprint density at radius 2 is 2.12 bits per heavy atom. The van der Waals surface area contributed by atoms with Gasteiger partial charge in [-0.25, -0.2) is 0 Å². The van der Waals surface area contributed by atoms with Crippen LogP contribution in [0.2, 0.25) is 0 Å². The third kappa shape index (κ3) is 3.98. The first kappa shape index (κ1) is 14.5. The number of hydrogen-bond donors (Lipinski definition) is 2. The van der Waals surface area contributed by atoms with Crippen LogP contribution in [0, 0.1) is 0 Å². The summed E-state index contributed by atoms with van der Waals surface area (Å²) in [7, 11) is 0. The van der Waals surface area contributed by atoms with Crippen molar-refractivity contribution in [2.45, 2.75) is 26.4 Å². The van der Waals surface area contributed by atoms with E-state index in [1.807, 2.05) is 18.2 Å². The highest BCUT2D eigenvalue weighted by atomic mass is 79.9. The van der Waals surface area contributed by atoms with Gasteiger partial charge in [-0.3, -0.25) is 0 Å². The monoisotopic (exact) mass is 301 g/mol. The highest BCUT2D eigenvalue weighted by Crippen LogP contribution is 2.28. The standard InChI is InChI=1S/C13H20BrNO2/c1-3-15(7-4-8-16)11-5-6-12(10(2)17)13(14)9-11/h5-6,9-10,16-17H,3-4,7-8H2,1-2H3. The van der Waals surface area contributed by atoms with Crippen molar-refractivity contribution >= 4 is 21.6 Å². The van der Waals surface area contributed by atoms with Crippen molar-refractivity contribution < 1.29 is 10.2 Å². The van der Waals surface area contributed by atoms with E-state index in [9.17, 15) is 5.11 Å². The molecule has 1 rings (SSSR count). The Hall–Kier alpha value is -0.580. The number of hydrogen-bond acceptors (Lipinski definition) is 3. The molecule has 0 amide bonds. The fourth-order valence-corrected chi connectivity index (χ4v) is 2.48. The van der Waals surface area contributed by atoms with Gasteiger partial charge in [-0.15, -0.1) is 0 Å². The van der Waals surface area contributed by atoms with Crippen molar-refractivity contribution in [2.75, 3.05) is 24.6 Å². The molecule has 0 saturated carbocycles. The molecule has 0 aliphatic carbocycles. The number of aliphatic hydroxyl groups excluding tert-OH is 2. The van der Waals surface area contributed by atoms with E-state index in [0.29, 0.717) is 0 Å². The van der Waals surface area contributed by atoms with Gasteiger partial charge in [0.25, 0.3) is 0 Å². The summed E-state index contributed by atoms with van der Waals surface area (Å²) in [5, 5.41) is 18.4. The molecule has 3 nitrogen and oxygen atoms in total. The SMILES string of the molecule is CCN(CCCO)c1ccc(C(C)O)c(Br)c1. The first-order valence-electron chi connectivity index (χ1n) is 5.93. The molecule has 0 radical (unpaired) electrons. The minimum Gasteiger partial charge on any atom is -0.396 e. The molecule has 2 N–H and O–H groups in total. The van der Waals surface area contributed by atoms with Gasteiger partial charge in [-0.05, 0) is 38.0 Å². The maximum atomic E-state index is 9.56. The Labute approximate surface area is 111 Å². The number of nitrogens with zero attached hydrogens (tertiary/aromatic N) is 1. The van der Waals surface area contributed by atoms with Crippen LogP contribution in [0.15, 0.2) is 22.7 Å². The molecule has 0 fully saturated rings. The van der Waals surface area contributed by atoms with Crippen LogP contribution in [0.5, 0.6) is 0 Å². The summed E-state index contributed by atoms with van der Waals surface area (Å²) in [5.74, 6) is 0. The summed E-state index contributed by atoms with van der Waals surface area (Å²) in [6.45, 7) is 5.80. The molecule has 0 bridgehead atoms. The summed E-state index contributed by atoms with van der Waals surface area (Å²) >= 11 is 3.48. The number of benzene rings is 1. The average molecular weight is 302 g/mol. The van der Waals surface area contributed by atoms with Crippen LogP contribution in [-0.2, 0) is 0 Å². The van der Waals surface area contributed by atoms with Crippen LogP contribution in [0.3, 0.4) is 0 Å². The fourth-order valence-electron chi connectivity index (χ4n) is 1.78. The topological polar surface area (TPSA) is 43.7 Å². The van der Waals surface area contributed by atoms with E-state index in [2.05, 4.69) is 27.8 Å². The molecular weight excluding hydrogens is 282 g/mol. The van der Waals surface area contributed by atoms with E-state index in [1.54, 1.807) is 6.92 Å². The molecule has 0 aromatic heterocycles. The van der Waals surface area contributed by atoms with E-state index < -0.39 is 6.10 Å². The third-order valence-electron chi connectivity index (χ3n) is 2.77.